The van der Waals surface area contributed by atoms with Crippen LogP contribution in [0.25, 0.3) is 0 Å². The van der Waals surface area contributed by atoms with Gasteiger partial charge in [0.05, 0.1) is 25.3 Å². The Morgan fingerprint density at radius 2 is 1.29 bits per heavy atom. The van der Waals surface area contributed by atoms with Gasteiger partial charge in [0.25, 0.3) is 0 Å². The van der Waals surface area contributed by atoms with Gasteiger partial charge in [-0.3, -0.25) is 4.79 Å². The molecule has 0 unspecified atom stereocenters. The molecule has 130 valence electrons. The SMILES string of the molecule is COC(=O)c1cc(NC(=O)C2C(C)(C)C2(C)C)cc(C(=O)OC)c1. The van der Waals surface area contributed by atoms with Crippen LogP contribution in [0.15, 0.2) is 18.2 Å². The van der Waals surface area contributed by atoms with Crippen LogP contribution in [-0.2, 0) is 14.3 Å². The molecule has 0 spiro atoms. The lowest BCUT2D eigenvalue weighted by Gasteiger charge is -2.10. The molecule has 1 fully saturated rings. The fourth-order valence-corrected chi connectivity index (χ4v) is 3.24. The van der Waals surface area contributed by atoms with Crippen LogP contribution in [0.2, 0.25) is 0 Å². The van der Waals surface area contributed by atoms with Gasteiger partial charge >= 0.3 is 11.9 Å². The third-order valence-electron chi connectivity index (χ3n) is 5.33. The molecule has 0 heterocycles. The quantitative estimate of drug-likeness (QED) is 0.857. The number of carbonyl (C=O) groups is 3. The van der Waals surface area contributed by atoms with Gasteiger partial charge in [0.2, 0.25) is 5.91 Å². The summed E-state index contributed by atoms with van der Waals surface area (Å²) in [6, 6.07) is 4.34. The lowest BCUT2D eigenvalue weighted by atomic mass is 10.0. The van der Waals surface area contributed by atoms with Crippen LogP contribution < -0.4 is 5.32 Å². The van der Waals surface area contributed by atoms with E-state index in [-0.39, 0.29) is 33.8 Å². The van der Waals surface area contributed by atoms with Crippen molar-refractivity contribution in [2.75, 3.05) is 19.5 Å². The lowest BCUT2D eigenvalue weighted by Crippen LogP contribution is -2.18. The summed E-state index contributed by atoms with van der Waals surface area (Å²) in [4.78, 5) is 36.1. The first-order valence-electron chi connectivity index (χ1n) is 7.69. The number of ether oxygens (including phenoxy) is 2. The largest absolute Gasteiger partial charge is 0.465 e. The van der Waals surface area contributed by atoms with Crippen LogP contribution in [0.3, 0.4) is 0 Å². The van der Waals surface area contributed by atoms with Gasteiger partial charge in [-0.1, -0.05) is 27.7 Å². The maximum absolute atomic E-state index is 12.6. The number of benzene rings is 1. The number of amides is 1. The summed E-state index contributed by atoms with van der Waals surface area (Å²) >= 11 is 0. The monoisotopic (exact) mass is 333 g/mol. The highest BCUT2D eigenvalue weighted by Gasteiger charge is 2.68. The Bertz CT molecular complexity index is 657. The first-order chi connectivity index (χ1) is 11.1. The number of esters is 2. The van der Waals surface area contributed by atoms with E-state index < -0.39 is 11.9 Å². The highest BCUT2D eigenvalue weighted by Crippen LogP contribution is 2.68. The second-order valence-electron chi connectivity index (χ2n) is 7.15. The van der Waals surface area contributed by atoms with Gasteiger partial charge in [0.15, 0.2) is 0 Å². The predicted molar refractivity (Wildman–Crippen MR) is 88.8 cm³/mol. The van der Waals surface area contributed by atoms with Crippen molar-refractivity contribution in [3.63, 3.8) is 0 Å². The number of hydrogen-bond acceptors (Lipinski definition) is 5. The Kier molecular flexibility index (Phi) is 4.44. The molecule has 1 aliphatic rings. The highest BCUT2D eigenvalue weighted by molar-refractivity contribution is 6.01. The topological polar surface area (TPSA) is 81.7 Å². The smallest absolute Gasteiger partial charge is 0.337 e. The van der Waals surface area contributed by atoms with Crippen LogP contribution in [0, 0.1) is 16.7 Å². The van der Waals surface area contributed by atoms with E-state index in [0.717, 1.165) is 0 Å². The minimum Gasteiger partial charge on any atom is -0.465 e. The van der Waals surface area contributed by atoms with Crippen molar-refractivity contribution in [1.82, 2.24) is 0 Å². The second-order valence-corrected chi connectivity index (χ2v) is 7.15. The summed E-state index contributed by atoms with van der Waals surface area (Å²) in [6.07, 6.45) is 0. The first kappa shape index (κ1) is 18.0. The van der Waals surface area contributed by atoms with Gasteiger partial charge in [-0.25, -0.2) is 9.59 Å². The minimum atomic E-state index is -0.594. The molecule has 0 saturated heterocycles. The fourth-order valence-electron chi connectivity index (χ4n) is 3.24. The zero-order valence-corrected chi connectivity index (χ0v) is 14.9. The molecular formula is C18H23NO5. The average Bonchev–Trinajstić information content (AvgIpc) is 2.94. The summed E-state index contributed by atoms with van der Waals surface area (Å²) in [7, 11) is 2.50. The van der Waals surface area contributed by atoms with Gasteiger partial charge in [-0.15, -0.1) is 0 Å². The molecule has 0 bridgehead atoms. The number of rotatable bonds is 4. The molecule has 0 aliphatic heterocycles. The molecule has 1 amide bonds. The van der Waals surface area contributed by atoms with Crippen molar-refractivity contribution in [1.29, 1.82) is 0 Å². The van der Waals surface area contributed by atoms with Crippen LogP contribution in [0.1, 0.15) is 48.4 Å². The Morgan fingerprint density at radius 1 is 0.875 bits per heavy atom. The summed E-state index contributed by atoms with van der Waals surface area (Å²) in [5.74, 6) is -1.47. The van der Waals surface area contributed by atoms with Crippen LogP contribution in [-0.4, -0.2) is 32.1 Å². The molecule has 1 aromatic carbocycles. The van der Waals surface area contributed by atoms with Crippen molar-refractivity contribution in [3.8, 4) is 0 Å². The van der Waals surface area contributed by atoms with Gasteiger partial charge in [0, 0.05) is 11.6 Å². The number of methoxy groups -OCH3 is 2. The molecule has 6 heteroatoms. The van der Waals surface area contributed by atoms with E-state index in [1.165, 1.54) is 32.4 Å². The number of anilines is 1. The molecule has 0 atom stereocenters. The van der Waals surface area contributed by atoms with Crippen molar-refractivity contribution in [2.24, 2.45) is 16.7 Å². The van der Waals surface area contributed by atoms with Gasteiger partial charge in [-0.05, 0) is 29.0 Å². The molecule has 1 N–H and O–H groups in total. The highest BCUT2D eigenvalue weighted by atomic mass is 16.5. The van der Waals surface area contributed by atoms with Crippen LogP contribution >= 0.6 is 0 Å². The Morgan fingerprint density at radius 3 is 1.62 bits per heavy atom. The predicted octanol–water partition coefficient (Wildman–Crippen LogP) is 2.88. The Labute approximate surface area is 141 Å². The average molecular weight is 333 g/mol. The van der Waals surface area contributed by atoms with Gasteiger partial charge in [0.1, 0.15) is 0 Å². The van der Waals surface area contributed by atoms with Crippen molar-refractivity contribution < 1.29 is 23.9 Å². The summed E-state index contributed by atoms with van der Waals surface area (Å²) < 4.78 is 9.37. The van der Waals surface area contributed by atoms with Gasteiger partial charge < -0.3 is 14.8 Å². The molecule has 1 aromatic rings. The van der Waals surface area contributed by atoms with Crippen LogP contribution in [0.4, 0.5) is 5.69 Å². The summed E-state index contributed by atoms with van der Waals surface area (Å²) in [5, 5.41) is 2.80. The number of nitrogens with one attached hydrogen (secondary N) is 1. The van der Waals surface area contributed by atoms with E-state index in [1.54, 1.807) is 0 Å². The molecule has 6 nitrogen and oxygen atoms in total. The fraction of sp³-hybridized carbons (Fsp3) is 0.500. The van der Waals surface area contributed by atoms with E-state index in [2.05, 4.69) is 14.8 Å². The van der Waals surface area contributed by atoms with Crippen LogP contribution in [0.5, 0.6) is 0 Å². The molecule has 24 heavy (non-hydrogen) atoms. The minimum absolute atomic E-state index is 0.109. The molecule has 1 saturated carbocycles. The lowest BCUT2D eigenvalue weighted by molar-refractivity contribution is -0.118. The maximum atomic E-state index is 12.6. The first-order valence-corrected chi connectivity index (χ1v) is 7.69. The maximum Gasteiger partial charge on any atom is 0.337 e. The van der Waals surface area contributed by atoms with E-state index in [0.29, 0.717) is 5.69 Å². The molecule has 0 aromatic heterocycles. The van der Waals surface area contributed by atoms with Crippen molar-refractivity contribution >= 4 is 23.5 Å². The van der Waals surface area contributed by atoms with E-state index in [9.17, 15) is 14.4 Å². The normalized spacial score (nSPS) is 17.8. The molecular weight excluding hydrogens is 310 g/mol. The molecule has 1 aliphatic carbocycles. The van der Waals surface area contributed by atoms with E-state index >= 15 is 0 Å². The Hall–Kier alpha value is -2.37. The zero-order chi connectivity index (χ0) is 18.3. The third-order valence-corrected chi connectivity index (χ3v) is 5.33. The summed E-state index contributed by atoms with van der Waals surface area (Å²) in [6.45, 7) is 8.17. The van der Waals surface area contributed by atoms with Gasteiger partial charge in [-0.2, -0.15) is 0 Å². The number of hydrogen-bond donors (Lipinski definition) is 1. The second kappa shape index (κ2) is 5.92. The van der Waals surface area contributed by atoms with E-state index in [1.807, 2.05) is 27.7 Å². The molecule has 0 radical (unpaired) electrons. The Balaban J connectivity index is 2.31. The molecule has 2 rings (SSSR count). The zero-order valence-electron chi connectivity index (χ0n) is 14.9. The third kappa shape index (κ3) is 2.88. The standard InChI is InChI=1S/C18H23NO5/c1-17(2)13(18(17,3)4)14(20)19-12-8-10(15(21)23-5)7-11(9-12)16(22)24-6/h7-9,13H,1-6H3,(H,19,20). The van der Waals surface area contributed by atoms with Crippen molar-refractivity contribution in [2.45, 2.75) is 27.7 Å². The summed E-state index contributed by atoms with van der Waals surface area (Å²) in [5.41, 5.74) is 0.488. The van der Waals surface area contributed by atoms with E-state index in [4.69, 9.17) is 0 Å². The number of carbonyl (C=O) groups excluding carboxylic acids is 3. The van der Waals surface area contributed by atoms with Crippen molar-refractivity contribution in [3.05, 3.63) is 29.3 Å².